The van der Waals surface area contributed by atoms with Crippen molar-refractivity contribution in [3.63, 3.8) is 0 Å². The van der Waals surface area contributed by atoms with Gasteiger partial charge in [0.1, 0.15) is 11.6 Å². The third-order valence-electron chi connectivity index (χ3n) is 2.25. The molecule has 15 heavy (non-hydrogen) atoms. The van der Waals surface area contributed by atoms with Crippen LogP contribution in [0.2, 0.25) is 0 Å². The molecule has 1 aromatic carbocycles. The lowest BCUT2D eigenvalue weighted by Gasteiger charge is -2.01. The van der Waals surface area contributed by atoms with Crippen molar-refractivity contribution in [1.29, 1.82) is 0 Å². The largest absolute Gasteiger partial charge is 0.508 e. The number of H-pyrrole nitrogens is 1. The molecule has 0 amide bonds. The normalized spacial score (nSPS) is 10.5. The van der Waals surface area contributed by atoms with Crippen LogP contribution in [0.25, 0.3) is 0 Å². The van der Waals surface area contributed by atoms with E-state index in [1.54, 1.807) is 12.1 Å². The molecular formula is C10H11N3OS. The van der Waals surface area contributed by atoms with Crippen molar-refractivity contribution in [3.05, 3.63) is 40.4 Å². The molecule has 5 heteroatoms. The van der Waals surface area contributed by atoms with Gasteiger partial charge in [0.2, 0.25) is 0 Å². The minimum atomic E-state index is 0.268. The van der Waals surface area contributed by atoms with Gasteiger partial charge >= 0.3 is 0 Å². The maximum absolute atomic E-state index is 9.31. The van der Waals surface area contributed by atoms with E-state index in [1.165, 1.54) is 0 Å². The number of rotatable bonds is 2. The van der Waals surface area contributed by atoms with E-state index < -0.39 is 0 Å². The topological polar surface area (TPSA) is 53.8 Å². The highest BCUT2D eigenvalue weighted by Gasteiger charge is 2.03. The molecule has 78 valence electrons. The van der Waals surface area contributed by atoms with Crippen molar-refractivity contribution in [2.24, 2.45) is 7.05 Å². The van der Waals surface area contributed by atoms with Crippen LogP contribution in [0.15, 0.2) is 24.3 Å². The summed E-state index contributed by atoms with van der Waals surface area (Å²) in [5.41, 5.74) is 1.01. The van der Waals surface area contributed by atoms with Crippen LogP contribution >= 0.6 is 12.2 Å². The number of nitrogens with one attached hydrogen (secondary N) is 1. The van der Waals surface area contributed by atoms with Crippen molar-refractivity contribution in [2.75, 3.05) is 0 Å². The standard InChI is InChI=1S/C10H11N3OS/c1-13-9(11-12-10(13)15)6-7-3-2-4-8(14)5-7/h2-5,14H,6H2,1H3,(H,12,15). The SMILES string of the molecule is Cn1c(Cc2cccc(O)c2)n[nH]c1=S. The molecule has 0 aliphatic carbocycles. The summed E-state index contributed by atoms with van der Waals surface area (Å²) in [5, 5.41) is 16.1. The molecule has 0 unspecified atom stereocenters. The van der Waals surface area contributed by atoms with Crippen molar-refractivity contribution in [2.45, 2.75) is 6.42 Å². The first-order chi connectivity index (χ1) is 7.16. The Hall–Kier alpha value is -1.62. The zero-order valence-corrected chi connectivity index (χ0v) is 9.08. The summed E-state index contributed by atoms with van der Waals surface area (Å²) >= 11 is 5.01. The quantitative estimate of drug-likeness (QED) is 0.760. The van der Waals surface area contributed by atoms with Gasteiger partial charge in [0.15, 0.2) is 4.77 Å². The number of aromatic amines is 1. The minimum Gasteiger partial charge on any atom is -0.508 e. The first kappa shape index (κ1) is 9.92. The lowest BCUT2D eigenvalue weighted by atomic mass is 10.1. The predicted molar refractivity (Wildman–Crippen MR) is 59.3 cm³/mol. The molecular weight excluding hydrogens is 210 g/mol. The minimum absolute atomic E-state index is 0.268. The summed E-state index contributed by atoms with van der Waals surface area (Å²) in [6.45, 7) is 0. The highest BCUT2D eigenvalue weighted by molar-refractivity contribution is 7.71. The van der Waals surface area contributed by atoms with E-state index in [9.17, 15) is 5.11 Å². The van der Waals surface area contributed by atoms with Crippen molar-refractivity contribution < 1.29 is 5.11 Å². The summed E-state index contributed by atoms with van der Waals surface area (Å²) in [7, 11) is 1.87. The van der Waals surface area contributed by atoms with Gasteiger partial charge in [0.25, 0.3) is 0 Å². The molecule has 1 aromatic heterocycles. The Balaban J connectivity index is 2.29. The Morgan fingerprint density at radius 2 is 2.33 bits per heavy atom. The number of phenolic OH excluding ortho intramolecular Hbond substituents is 1. The molecule has 2 N–H and O–H groups in total. The fraction of sp³-hybridized carbons (Fsp3) is 0.200. The molecule has 2 rings (SSSR count). The lowest BCUT2D eigenvalue weighted by molar-refractivity contribution is 0.474. The Kier molecular flexibility index (Phi) is 2.55. The molecule has 0 atom stereocenters. The smallest absolute Gasteiger partial charge is 0.194 e. The second-order valence-electron chi connectivity index (χ2n) is 3.35. The van der Waals surface area contributed by atoms with Crippen LogP contribution in [0, 0.1) is 4.77 Å². The Morgan fingerprint density at radius 3 is 2.93 bits per heavy atom. The van der Waals surface area contributed by atoms with E-state index in [0.29, 0.717) is 11.2 Å². The third kappa shape index (κ3) is 2.07. The van der Waals surface area contributed by atoms with Crippen LogP contribution < -0.4 is 0 Å². The van der Waals surface area contributed by atoms with E-state index in [-0.39, 0.29) is 5.75 Å². The Morgan fingerprint density at radius 1 is 1.53 bits per heavy atom. The molecule has 0 aliphatic rings. The van der Waals surface area contributed by atoms with Crippen LogP contribution in [0.1, 0.15) is 11.4 Å². The number of phenols is 1. The first-order valence-corrected chi connectivity index (χ1v) is 4.96. The van der Waals surface area contributed by atoms with Gasteiger partial charge in [-0.3, -0.25) is 5.10 Å². The Bertz CT molecular complexity index is 529. The number of hydrogen-bond donors (Lipinski definition) is 2. The number of hydrogen-bond acceptors (Lipinski definition) is 3. The molecule has 0 radical (unpaired) electrons. The summed E-state index contributed by atoms with van der Waals surface area (Å²) in [5.74, 6) is 1.12. The maximum Gasteiger partial charge on any atom is 0.194 e. The fourth-order valence-electron chi connectivity index (χ4n) is 1.39. The molecule has 1 heterocycles. The van der Waals surface area contributed by atoms with Crippen molar-refractivity contribution >= 4 is 12.2 Å². The van der Waals surface area contributed by atoms with Gasteiger partial charge in [-0.25, -0.2) is 0 Å². The predicted octanol–water partition coefficient (Wildman–Crippen LogP) is 1.77. The molecule has 2 aromatic rings. The van der Waals surface area contributed by atoms with Gasteiger partial charge in [-0.2, -0.15) is 5.10 Å². The second-order valence-corrected chi connectivity index (χ2v) is 3.74. The molecule has 0 bridgehead atoms. The van der Waals surface area contributed by atoms with Crippen molar-refractivity contribution in [1.82, 2.24) is 14.8 Å². The Labute approximate surface area is 92.2 Å². The van der Waals surface area contributed by atoms with Gasteiger partial charge in [0.05, 0.1) is 0 Å². The summed E-state index contributed by atoms with van der Waals surface area (Å²) in [6.07, 6.45) is 0.651. The van der Waals surface area contributed by atoms with E-state index in [4.69, 9.17) is 12.2 Å². The molecule has 0 saturated carbocycles. The van der Waals surface area contributed by atoms with Crippen LogP contribution in [0.4, 0.5) is 0 Å². The molecule has 0 aliphatic heterocycles. The van der Waals surface area contributed by atoms with Crippen LogP contribution in [-0.4, -0.2) is 19.9 Å². The van der Waals surface area contributed by atoms with Crippen LogP contribution in [0.3, 0.4) is 0 Å². The van der Waals surface area contributed by atoms with E-state index >= 15 is 0 Å². The van der Waals surface area contributed by atoms with E-state index in [1.807, 2.05) is 23.7 Å². The summed E-state index contributed by atoms with van der Waals surface area (Å²) in [4.78, 5) is 0. The fourth-order valence-corrected chi connectivity index (χ4v) is 1.54. The van der Waals surface area contributed by atoms with Gasteiger partial charge in [0, 0.05) is 13.5 Å². The molecule has 4 nitrogen and oxygen atoms in total. The zero-order valence-electron chi connectivity index (χ0n) is 8.27. The maximum atomic E-state index is 9.31. The van der Waals surface area contributed by atoms with Crippen LogP contribution in [0.5, 0.6) is 5.75 Å². The van der Waals surface area contributed by atoms with Gasteiger partial charge in [-0.05, 0) is 29.9 Å². The van der Waals surface area contributed by atoms with Crippen LogP contribution in [-0.2, 0) is 13.5 Å². The van der Waals surface area contributed by atoms with Gasteiger partial charge in [-0.1, -0.05) is 12.1 Å². The van der Waals surface area contributed by atoms with Gasteiger partial charge in [-0.15, -0.1) is 0 Å². The third-order valence-corrected chi connectivity index (χ3v) is 2.61. The summed E-state index contributed by atoms with van der Waals surface area (Å²) < 4.78 is 2.42. The molecule has 0 saturated heterocycles. The monoisotopic (exact) mass is 221 g/mol. The lowest BCUT2D eigenvalue weighted by Crippen LogP contribution is -1.98. The van der Waals surface area contributed by atoms with E-state index in [0.717, 1.165) is 11.4 Å². The highest BCUT2D eigenvalue weighted by atomic mass is 32.1. The molecule has 0 fully saturated rings. The summed E-state index contributed by atoms with van der Waals surface area (Å²) in [6, 6.07) is 7.12. The number of benzene rings is 1. The average molecular weight is 221 g/mol. The number of aromatic nitrogens is 3. The number of nitrogens with zero attached hydrogens (tertiary/aromatic N) is 2. The van der Waals surface area contributed by atoms with Gasteiger partial charge < -0.3 is 9.67 Å². The van der Waals surface area contributed by atoms with Crippen molar-refractivity contribution in [3.8, 4) is 5.75 Å². The van der Waals surface area contributed by atoms with E-state index in [2.05, 4.69) is 10.2 Å². The molecule has 0 spiro atoms. The highest BCUT2D eigenvalue weighted by Crippen LogP contribution is 2.13. The first-order valence-electron chi connectivity index (χ1n) is 4.55. The zero-order chi connectivity index (χ0) is 10.8. The average Bonchev–Trinajstić information content (AvgIpc) is 2.50. The number of aromatic hydroxyl groups is 1. The second kappa shape index (κ2) is 3.86.